The average Bonchev–Trinajstić information content (AvgIpc) is 2.92. The highest BCUT2D eigenvalue weighted by Crippen LogP contribution is 2.18. The van der Waals surface area contributed by atoms with E-state index in [9.17, 15) is 0 Å². The maximum atomic E-state index is 2.14. The summed E-state index contributed by atoms with van der Waals surface area (Å²) in [4.78, 5) is 0. The molecule has 1 heteroatoms. The normalized spacial score (nSPS) is 12.9. The van der Waals surface area contributed by atoms with Gasteiger partial charge in [-0.3, -0.25) is 0 Å². The fraction of sp³-hybridized carbons (Fsp3) is 0.0769. The first-order valence-electron chi connectivity index (χ1n) is 4.71. The fourth-order valence-corrected chi connectivity index (χ4v) is 2.09. The maximum absolute atomic E-state index is 2.14. The number of allylic oxidation sites excluding steroid dienone is 4. The Morgan fingerprint density at radius 2 is 1.71 bits per heavy atom. The third kappa shape index (κ3) is 2.33. The molecule has 0 N–H and O–H groups in total. The number of benzene rings is 1. The van der Waals surface area contributed by atoms with Gasteiger partial charge in [0, 0.05) is 4.70 Å². The van der Waals surface area contributed by atoms with Gasteiger partial charge in [-0.05, 0) is 29.3 Å². The molecular weight excluding hydrogens is 188 g/mol. The van der Waals surface area contributed by atoms with Crippen molar-refractivity contribution in [1.29, 1.82) is 0 Å². The molecule has 1 aromatic heterocycles. The van der Waals surface area contributed by atoms with E-state index in [2.05, 4.69) is 60.0 Å². The highest BCUT2D eigenvalue weighted by molar-refractivity contribution is 7.17. The van der Waals surface area contributed by atoms with Crippen molar-refractivity contribution >= 4 is 21.4 Å². The molecule has 0 fully saturated rings. The van der Waals surface area contributed by atoms with Crippen molar-refractivity contribution < 1.29 is 0 Å². The van der Waals surface area contributed by atoms with Gasteiger partial charge in [0.2, 0.25) is 0 Å². The van der Waals surface area contributed by atoms with Gasteiger partial charge in [-0.15, -0.1) is 11.3 Å². The zero-order valence-corrected chi connectivity index (χ0v) is 8.71. The van der Waals surface area contributed by atoms with Crippen LogP contribution in [0, 0.1) is 0 Å². The molecule has 70 valence electrons. The Labute approximate surface area is 88.2 Å². The van der Waals surface area contributed by atoms with Gasteiger partial charge in [-0.25, -0.2) is 0 Å². The molecule has 0 saturated heterocycles. The van der Waals surface area contributed by atoms with E-state index in [1.54, 1.807) is 11.3 Å². The fourth-order valence-electron chi connectivity index (χ4n) is 1.30. The minimum Gasteiger partial charge on any atom is -0.144 e. The summed E-state index contributed by atoms with van der Waals surface area (Å²) in [5.74, 6) is 0. The highest BCUT2D eigenvalue weighted by Gasteiger charge is 1.87. The third-order valence-electron chi connectivity index (χ3n) is 2.02. The molecule has 14 heavy (non-hydrogen) atoms. The molecule has 0 unspecified atom stereocenters. The van der Waals surface area contributed by atoms with Gasteiger partial charge in [0.1, 0.15) is 0 Å². The van der Waals surface area contributed by atoms with Crippen LogP contribution in [0.4, 0.5) is 0 Å². The Bertz CT molecular complexity index is 409. The minimum atomic E-state index is 1.14. The van der Waals surface area contributed by atoms with E-state index in [0.29, 0.717) is 0 Å². The molecule has 0 bridgehead atoms. The predicted molar refractivity (Wildman–Crippen MR) is 64.7 cm³/mol. The quantitative estimate of drug-likeness (QED) is 0.591. The highest BCUT2D eigenvalue weighted by atomic mass is 32.1. The summed E-state index contributed by atoms with van der Waals surface area (Å²) >= 11 is 1.79. The number of thiophene rings is 1. The molecule has 0 spiro atoms. The second kappa shape index (κ2) is 4.77. The summed E-state index contributed by atoms with van der Waals surface area (Å²) < 4.78 is 1.37. The monoisotopic (exact) mass is 200 g/mol. The van der Waals surface area contributed by atoms with Crippen molar-refractivity contribution in [2.45, 2.75) is 6.42 Å². The van der Waals surface area contributed by atoms with E-state index in [0.717, 1.165) is 6.42 Å². The van der Waals surface area contributed by atoms with Crippen molar-refractivity contribution in [3.05, 3.63) is 60.0 Å². The number of fused-ring (bicyclic) bond motifs is 1. The van der Waals surface area contributed by atoms with E-state index >= 15 is 0 Å². The molecule has 3 rings (SSSR count). The Kier molecular flexibility index (Phi) is 3.15. The molecule has 1 aliphatic carbocycles. The standard InChI is InChI=1S/C8H6S.C5H6/c1-2-4-8-7(3-1)5-6-9-8;1-2-4-5-3-1/h1-6H;1-4H,5H2. The lowest BCUT2D eigenvalue weighted by molar-refractivity contribution is 1.45. The molecule has 0 amide bonds. The Morgan fingerprint density at radius 3 is 2.36 bits per heavy atom. The van der Waals surface area contributed by atoms with E-state index < -0.39 is 0 Å². The molecule has 0 nitrogen and oxygen atoms in total. The second-order valence-corrected chi connectivity index (χ2v) is 4.00. The first-order valence-corrected chi connectivity index (χ1v) is 5.59. The van der Waals surface area contributed by atoms with E-state index in [1.807, 2.05) is 0 Å². The molecule has 1 heterocycles. The molecule has 2 aromatic rings. The van der Waals surface area contributed by atoms with Gasteiger partial charge < -0.3 is 0 Å². The molecule has 0 radical (unpaired) electrons. The summed E-state index contributed by atoms with van der Waals surface area (Å²) in [5.41, 5.74) is 0. The SMILES string of the molecule is C1=CCC=C1.c1ccc2sccc2c1. The van der Waals surface area contributed by atoms with Gasteiger partial charge in [0.15, 0.2) is 0 Å². The summed E-state index contributed by atoms with van der Waals surface area (Å²) in [6, 6.07) is 10.5. The minimum absolute atomic E-state index is 1.14. The smallest absolute Gasteiger partial charge is 0.0342 e. The lowest BCUT2D eigenvalue weighted by atomic mass is 10.3. The Hall–Kier alpha value is -1.34. The van der Waals surface area contributed by atoms with Gasteiger partial charge in [0.05, 0.1) is 0 Å². The summed E-state index contributed by atoms with van der Waals surface area (Å²) in [6.45, 7) is 0. The Balaban J connectivity index is 0.000000128. The van der Waals surface area contributed by atoms with Crippen LogP contribution in [0.3, 0.4) is 0 Å². The molecular formula is C13H12S. The van der Waals surface area contributed by atoms with Crippen molar-refractivity contribution in [1.82, 2.24) is 0 Å². The van der Waals surface area contributed by atoms with Crippen LogP contribution < -0.4 is 0 Å². The number of hydrogen-bond acceptors (Lipinski definition) is 1. The number of rotatable bonds is 0. The topological polar surface area (TPSA) is 0 Å². The van der Waals surface area contributed by atoms with Crippen LogP contribution in [-0.4, -0.2) is 0 Å². The molecule has 1 aliphatic rings. The first-order chi connectivity index (χ1) is 6.97. The lowest BCUT2D eigenvalue weighted by Gasteiger charge is -1.82. The maximum Gasteiger partial charge on any atom is 0.0342 e. The van der Waals surface area contributed by atoms with Crippen molar-refractivity contribution in [2.24, 2.45) is 0 Å². The van der Waals surface area contributed by atoms with Crippen LogP contribution in [0.15, 0.2) is 60.0 Å². The van der Waals surface area contributed by atoms with Crippen LogP contribution >= 0.6 is 11.3 Å². The first kappa shape index (κ1) is 9.22. The van der Waals surface area contributed by atoms with Crippen LogP contribution in [0.1, 0.15) is 6.42 Å². The molecule has 0 aliphatic heterocycles. The lowest BCUT2D eigenvalue weighted by Crippen LogP contribution is -1.56. The van der Waals surface area contributed by atoms with E-state index in [4.69, 9.17) is 0 Å². The zero-order valence-electron chi connectivity index (χ0n) is 7.89. The summed E-state index contributed by atoms with van der Waals surface area (Å²) in [5, 5.41) is 3.47. The molecule has 0 atom stereocenters. The third-order valence-corrected chi connectivity index (χ3v) is 2.91. The largest absolute Gasteiger partial charge is 0.144 e. The second-order valence-electron chi connectivity index (χ2n) is 3.05. The van der Waals surface area contributed by atoms with Crippen molar-refractivity contribution in [3.8, 4) is 0 Å². The van der Waals surface area contributed by atoms with Gasteiger partial charge in [0.25, 0.3) is 0 Å². The molecule has 0 saturated carbocycles. The van der Waals surface area contributed by atoms with Crippen LogP contribution in [0.5, 0.6) is 0 Å². The summed E-state index contributed by atoms with van der Waals surface area (Å²) in [7, 11) is 0. The zero-order chi connectivity index (χ0) is 9.64. The van der Waals surface area contributed by atoms with Crippen LogP contribution in [-0.2, 0) is 0 Å². The van der Waals surface area contributed by atoms with Crippen LogP contribution in [0.25, 0.3) is 10.1 Å². The predicted octanol–water partition coefficient (Wildman–Crippen LogP) is 4.40. The average molecular weight is 200 g/mol. The van der Waals surface area contributed by atoms with Crippen molar-refractivity contribution in [3.63, 3.8) is 0 Å². The van der Waals surface area contributed by atoms with Gasteiger partial charge in [-0.1, -0.05) is 42.5 Å². The molecule has 1 aromatic carbocycles. The van der Waals surface area contributed by atoms with Gasteiger partial charge in [-0.2, -0.15) is 0 Å². The van der Waals surface area contributed by atoms with Gasteiger partial charge >= 0.3 is 0 Å². The number of hydrogen-bond donors (Lipinski definition) is 0. The van der Waals surface area contributed by atoms with Crippen LogP contribution in [0.2, 0.25) is 0 Å². The summed E-state index contributed by atoms with van der Waals surface area (Å²) in [6.07, 6.45) is 9.50. The van der Waals surface area contributed by atoms with E-state index in [-0.39, 0.29) is 0 Å². The van der Waals surface area contributed by atoms with E-state index in [1.165, 1.54) is 10.1 Å². The van der Waals surface area contributed by atoms with Crippen molar-refractivity contribution in [2.75, 3.05) is 0 Å². The Morgan fingerprint density at radius 1 is 0.929 bits per heavy atom.